The smallest absolute Gasteiger partial charge is 0.334 e. The summed E-state index contributed by atoms with van der Waals surface area (Å²) in [5.41, 5.74) is -0.200. The number of esters is 2. The largest absolute Gasteiger partial charge is 0.468 e. The van der Waals surface area contributed by atoms with E-state index in [1.165, 1.54) is 6.08 Å². The van der Waals surface area contributed by atoms with Crippen LogP contribution in [0, 0.1) is 5.41 Å². The van der Waals surface area contributed by atoms with E-state index in [-0.39, 0.29) is 13.0 Å². The van der Waals surface area contributed by atoms with Gasteiger partial charge in [0.25, 0.3) is 5.91 Å². The molecule has 1 atom stereocenters. The Morgan fingerprint density at radius 1 is 1.12 bits per heavy atom. The maximum Gasteiger partial charge on any atom is 0.334 e. The molecule has 0 aliphatic heterocycles. The van der Waals surface area contributed by atoms with Crippen LogP contribution < -0.4 is 5.48 Å². The minimum absolute atomic E-state index is 0.153. The number of hydrogen-bond acceptors (Lipinski definition) is 6. The Morgan fingerprint density at radius 2 is 1.73 bits per heavy atom. The van der Waals surface area contributed by atoms with Crippen LogP contribution in [0.3, 0.4) is 0 Å². The molecule has 0 aliphatic rings. The van der Waals surface area contributed by atoms with Crippen LogP contribution in [0.15, 0.2) is 43.0 Å². The van der Waals surface area contributed by atoms with Crippen LogP contribution in [0.1, 0.15) is 26.3 Å². The summed E-state index contributed by atoms with van der Waals surface area (Å²) in [6, 6.07) is 8.63. The predicted molar refractivity (Wildman–Crippen MR) is 94.7 cm³/mol. The third-order valence-corrected chi connectivity index (χ3v) is 3.36. The van der Waals surface area contributed by atoms with E-state index in [1.807, 2.05) is 0 Å². The molecule has 1 aromatic rings. The van der Waals surface area contributed by atoms with Crippen LogP contribution in [-0.4, -0.2) is 37.2 Å². The number of benzene rings is 1. The van der Waals surface area contributed by atoms with Crippen molar-refractivity contribution in [3.63, 3.8) is 0 Å². The molecule has 0 spiro atoms. The van der Waals surface area contributed by atoms with Crippen molar-refractivity contribution in [1.29, 1.82) is 0 Å². The highest BCUT2D eigenvalue weighted by atomic mass is 16.7. The van der Waals surface area contributed by atoms with E-state index in [0.717, 1.165) is 7.11 Å². The predicted octanol–water partition coefficient (Wildman–Crippen LogP) is 1.96. The van der Waals surface area contributed by atoms with Crippen LogP contribution >= 0.6 is 0 Å². The molecule has 142 valence electrons. The molecular weight excluding hydrogens is 338 g/mol. The quantitative estimate of drug-likeness (QED) is 0.329. The van der Waals surface area contributed by atoms with Gasteiger partial charge in [0.1, 0.15) is 6.61 Å². The number of nitrogens with one attached hydrogen (secondary N) is 1. The van der Waals surface area contributed by atoms with Gasteiger partial charge in [0, 0.05) is 6.42 Å². The van der Waals surface area contributed by atoms with E-state index in [2.05, 4.69) is 12.1 Å². The third-order valence-electron chi connectivity index (χ3n) is 3.36. The molecule has 0 aromatic heterocycles. The molecule has 1 N–H and O–H groups in total. The Balaban J connectivity index is 3.32. The Bertz CT molecular complexity index is 650. The van der Waals surface area contributed by atoms with E-state index in [9.17, 15) is 14.4 Å². The van der Waals surface area contributed by atoms with Crippen molar-refractivity contribution in [2.24, 2.45) is 5.41 Å². The molecule has 1 unspecified atom stereocenters. The zero-order chi connectivity index (χ0) is 19.8. The average molecular weight is 363 g/mol. The van der Waals surface area contributed by atoms with E-state index >= 15 is 0 Å². The van der Waals surface area contributed by atoms with Gasteiger partial charge in [0.2, 0.25) is 5.41 Å². The first-order valence-corrected chi connectivity index (χ1v) is 8.06. The lowest BCUT2D eigenvalue weighted by Gasteiger charge is -2.29. The maximum absolute atomic E-state index is 12.9. The van der Waals surface area contributed by atoms with Gasteiger partial charge in [-0.1, -0.05) is 43.0 Å². The molecule has 0 aliphatic carbocycles. The normalized spacial score (nSPS) is 13.2. The Hall–Kier alpha value is -2.67. The van der Waals surface area contributed by atoms with Gasteiger partial charge in [0.15, 0.2) is 0 Å². The minimum atomic E-state index is -2.25. The number of carbonyl (C=O) groups excluding carboxylic acids is 3. The van der Waals surface area contributed by atoms with E-state index in [1.54, 1.807) is 51.1 Å². The molecular formula is C19H25NO6. The van der Waals surface area contributed by atoms with E-state index in [4.69, 9.17) is 14.3 Å². The summed E-state index contributed by atoms with van der Waals surface area (Å²) in [4.78, 5) is 43.4. The first kappa shape index (κ1) is 21.4. The van der Waals surface area contributed by atoms with Gasteiger partial charge in [-0.2, -0.15) is 0 Å². The van der Waals surface area contributed by atoms with Crippen LogP contribution in [-0.2, 0) is 35.1 Å². The average Bonchev–Trinajstić information content (AvgIpc) is 2.61. The molecule has 7 heteroatoms. The van der Waals surface area contributed by atoms with Crippen LogP contribution in [0.4, 0.5) is 0 Å². The van der Waals surface area contributed by atoms with Gasteiger partial charge in [-0.15, -0.1) is 0 Å². The number of rotatable bonds is 8. The van der Waals surface area contributed by atoms with Gasteiger partial charge in [0.05, 0.1) is 12.7 Å². The molecule has 1 rings (SSSR count). The number of methoxy groups -OCH3 is 1. The van der Waals surface area contributed by atoms with Gasteiger partial charge >= 0.3 is 11.9 Å². The Labute approximate surface area is 153 Å². The fourth-order valence-corrected chi connectivity index (χ4v) is 2.11. The highest BCUT2D eigenvalue weighted by Crippen LogP contribution is 2.28. The van der Waals surface area contributed by atoms with E-state index < -0.39 is 28.9 Å². The standard InChI is InChI=1S/C19H25NO6/c1-6-12-25-17(23)19(16(22)24-5,13-14-10-8-7-9-11-14)15(21)20-26-18(2,3)4/h6-11H,1,12-13H2,2-5H3,(H,20,21). The molecule has 1 amide bonds. The zero-order valence-corrected chi connectivity index (χ0v) is 15.5. The Kier molecular flexibility index (Phi) is 7.52. The molecule has 0 radical (unpaired) electrons. The number of carbonyl (C=O) groups is 3. The zero-order valence-electron chi connectivity index (χ0n) is 15.5. The summed E-state index contributed by atoms with van der Waals surface area (Å²) in [6.07, 6.45) is 1.10. The molecule has 0 saturated carbocycles. The molecule has 0 saturated heterocycles. The highest BCUT2D eigenvalue weighted by Gasteiger charge is 2.56. The lowest BCUT2D eigenvalue weighted by Crippen LogP contribution is -2.55. The second-order valence-corrected chi connectivity index (χ2v) is 6.59. The lowest BCUT2D eigenvalue weighted by atomic mass is 9.80. The van der Waals surface area contributed by atoms with Gasteiger partial charge in [-0.3, -0.25) is 19.2 Å². The number of amides is 1. The van der Waals surface area contributed by atoms with Crippen molar-refractivity contribution < 1.29 is 28.7 Å². The van der Waals surface area contributed by atoms with Crippen molar-refractivity contribution in [3.05, 3.63) is 48.6 Å². The van der Waals surface area contributed by atoms with Crippen molar-refractivity contribution in [3.8, 4) is 0 Å². The Morgan fingerprint density at radius 3 is 2.23 bits per heavy atom. The summed E-state index contributed by atoms with van der Waals surface area (Å²) >= 11 is 0. The summed E-state index contributed by atoms with van der Waals surface area (Å²) in [5, 5.41) is 0. The second kappa shape index (κ2) is 9.15. The minimum Gasteiger partial charge on any atom is -0.468 e. The summed E-state index contributed by atoms with van der Waals surface area (Å²) in [5.74, 6) is -3.04. The summed E-state index contributed by atoms with van der Waals surface area (Å²) < 4.78 is 9.79. The van der Waals surface area contributed by atoms with Crippen LogP contribution in [0.5, 0.6) is 0 Å². The first-order chi connectivity index (χ1) is 12.2. The monoisotopic (exact) mass is 363 g/mol. The topological polar surface area (TPSA) is 90.9 Å². The molecule has 0 fully saturated rings. The van der Waals surface area contributed by atoms with Crippen molar-refractivity contribution in [2.75, 3.05) is 13.7 Å². The number of hydroxylamine groups is 1. The summed E-state index contributed by atoms with van der Waals surface area (Å²) in [7, 11) is 1.10. The lowest BCUT2D eigenvalue weighted by molar-refractivity contribution is -0.181. The SMILES string of the molecule is C=CCOC(=O)C(Cc1ccccc1)(C(=O)NOC(C)(C)C)C(=O)OC. The molecule has 7 nitrogen and oxygen atoms in total. The fraction of sp³-hybridized carbons (Fsp3) is 0.421. The molecule has 1 aromatic carbocycles. The van der Waals surface area contributed by atoms with Gasteiger partial charge in [-0.25, -0.2) is 5.48 Å². The molecule has 0 bridgehead atoms. The summed E-state index contributed by atoms with van der Waals surface area (Å²) in [6.45, 7) is 8.43. The van der Waals surface area contributed by atoms with Gasteiger partial charge in [-0.05, 0) is 26.3 Å². The first-order valence-electron chi connectivity index (χ1n) is 8.06. The number of ether oxygens (including phenoxy) is 2. The molecule has 0 heterocycles. The van der Waals surface area contributed by atoms with Crippen LogP contribution in [0.2, 0.25) is 0 Å². The van der Waals surface area contributed by atoms with Crippen molar-refractivity contribution in [2.45, 2.75) is 32.8 Å². The number of hydrogen-bond donors (Lipinski definition) is 1. The third kappa shape index (κ3) is 5.42. The van der Waals surface area contributed by atoms with Crippen molar-refractivity contribution in [1.82, 2.24) is 5.48 Å². The van der Waals surface area contributed by atoms with Gasteiger partial charge < -0.3 is 9.47 Å². The van der Waals surface area contributed by atoms with E-state index in [0.29, 0.717) is 5.56 Å². The van der Waals surface area contributed by atoms with Crippen LogP contribution in [0.25, 0.3) is 0 Å². The highest BCUT2D eigenvalue weighted by molar-refractivity contribution is 6.19. The molecule has 26 heavy (non-hydrogen) atoms. The fourth-order valence-electron chi connectivity index (χ4n) is 2.11. The second-order valence-electron chi connectivity index (χ2n) is 6.59. The maximum atomic E-state index is 12.9. The van der Waals surface area contributed by atoms with Crippen molar-refractivity contribution >= 4 is 17.8 Å².